The van der Waals surface area contributed by atoms with E-state index in [0.29, 0.717) is 22.3 Å². The van der Waals surface area contributed by atoms with Crippen LogP contribution in [-0.2, 0) is 4.79 Å². The van der Waals surface area contributed by atoms with Gasteiger partial charge in [0.05, 0.1) is 21.3 Å². The summed E-state index contributed by atoms with van der Waals surface area (Å²) < 4.78 is 32.2. The first kappa shape index (κ1) is 20.7. The molecule has 1 heterocycles. The molecule has 0 unspecified atom stereocenters. The van der Waals surface area contributed by atoms with E-state index in [1.165, 1.54) is 17.2 Å². The highest BCUT2D eigenvalue weighted by molar-refractivity contribution is 6.42. The molecule has 0 aromatic heterocycles. The summed E-state index contributed by atoms with van der Waals surface area (Å²) in [5.41, 5.74) is 1.04. The quantitative estimate of drug-likeness (QED) is 0.497. The zero-order chi connectivity index (χ0) is 21.1. The van der Waals surface area contributed by atoms with E-state index in [2.05, 4.69) is 16.8 Å². The fraction of sp³-hybridized carbons (Fsp3) is 0.0500. The molecule has 5 nitrogen and oxygen atoms in total. The Hall–Kier alpha value is -3.03. The van der Waals surface area contributed by atoms with E-state index in [0.717, 1.165) is 12.1 Å². The number of amides is 1. The number of hydrogen-bond donors (Lipinski definition) is 0. The first-order chi connectivity index (χ1) is 13.8. The van der Waals surface area contributed by atoms with Gasteiger partial charge in [-0.2, -0.15) is 0 Å². The number of carbonyl (C=O) groups excluding carboxylic acids is 1. The lowest BCUT2D eigenvalue weighted by Crippen LogP contribution is -2.22. The molecule has 0 aliphatic carbocycles. The lowest BCUT2D eigenvalue weighted by Gasteiger charge is -2.22. The van der Waals surface area contributed by atoms with Gasteiger partial charge >= 0.3 is 0 Å². The Kier molecular flexibility index (Phi) is 6.10. The Morgan fingerprint density at radius 3 is 2.52 bits per heavy atom. The predicted octanol–water partition coefficient (Wildman–Crippen LogP) is 5.10. The lowest BCUT2D eigenvalue weighted by atomic mass is 10.0. The van der Waals surface area contributed by atoms with Crippen LogP contribution < -0.4 is 4.74 Å². The summed E-state index contributed by atoms with van der Waals surface area (Å²) in [6.45, 7) is 3.29. The fourth-order valence-corrected chi connectivity index (χ4v) is 2.87. The third-order valence-corrected chi connectivity index (χ3v) is 4.65. The zero-order valence-electron chi connectivity index (χ0n) is 15.0. The number of benzene rings is 2. The lowest BCUT2D eigenvalue weighted by molar-refractivity contribution is -0.112. The van der Waals surface area contributed by atoms with Crippen molar-refractivity contribution in [2.75, 3.05) is 7.05 Å². The Labute approximate surface area is 175 Å². The van der Waals surface area contributed by atoms with Crippen molar-refractivity contribution in [1.82, 2.24) is 5.01 Å². The SMILES string of the molecule is C=NC(=O)/C(=C1/C=CC(Oc2ccc(F)cc2F)=NN1C)c1ccc(Cl)c(Cl)c1. The smallest absolute Gasteiger partial charge is 0.279 e. The van der Waals surface area contributed by atoms with E-state index >= 15 is 0 Å². The number of nitrogens with zero attached hydrogens (tertiary/aromatic N) is 3. The molecule has 0 saturated heterocycles. The van der Waals surface area contributed by atoms with Crippen LogP contribution in [0.25, 0.3) is 5.57 Å². The molecule has 0 spiro atoms. The molecule has 2 aromatic carbocycles. The van der Waals surface area contributed by atoms with Gasteiger partial charge in [0, 0.05) is 19.2 Å². The summed E-state index contributed by atoms with van der Waals surface area (Å²) in [5, 5.41) is 6.13. The van der Waals surface area contributed by atoms with E-state index < -0.39 is 17.5 Å². The number of hydrazone groups is 1. The van der Waals surface area contributed by atoms with Gasteiger partial charge in [-0.05, 0) is 42.6 Å². The van der Waals surface area contributed by atoms with Crippen molar-refractivity contribution in [3.05, 3.63) is 81.5 Å². The van der Waals surface area contributed by atoms with Crippen molar-refractivity contribution in [3.8, 4) is 5.75 Å². The molecule has 0 radical (unpaired) electrons. The van der Waals surface area contributed by atoms with Crippen LogP contribution in [0.3, 0.4) is 0 Å². The van der Waals surface area contributed by atoms with Gasteiger partial charge in [0.1, 0.15) is 5.82 Å². The van der Waals surface area contributed by atoms with E-state index in [1.54, 1.807) is 25.3 Å². The van der Waals surface area contributed by atoms with Crippen LogP contribution in [0.4, 0.5) is 8.78 Å². The molecule has 0 bridgehead atoms. The van der Waals surface area contributed by atoms with Crippen molar-refractivity contribution in [2.24, 2.45) is 10.1 Å². The van der Waals surface area contributed by atoms with Crippen LogP contribution in [0.5, 0.6) is 5.75 Å². The summed E-state index contributed by atoms with van der Waals surface area (Å²) in [4.78, 5) is 15.9. The predicted molar refractivity (Wildman–Crippen MR) is 109 cm³/mol. The monoisotopic (exact) mass is 435 g/mol. The maximum Gasteiger partial charge on any atom is 0.279 e. The van der Waals surface area contributed by atoms with Crippen LogP contribution in [0.1, 0.15) is 5.56 Å². The van der Waals surface area contributed by atoms with Crippen molar-refractivity contribution in [2.45, 2.75) is 0 Å². The molecule has 0 saturated carbocycles. The highest BCUT2D eigenvalue weighted by Crippen LogP contribution is 2.31. The highest BCUT2D eigenvalue weighted by Gasteiger charge is 2.22. The first-order valence-corrected chi connectivity index (χ1v) is 8.90. The Morgan fingerprint density at radius 2 is 1.90 bits per heavy atom. The second kappa shape index (κ2) is 8.55. The minimum absolute atomic E-state index is 0.0363. The Balaban J connectivity index is 1.98. The van der Waals surface area contributed by atoms with Gasteiger partial charge in [0.2, 0.25) is 5.90 Å². The summed E-state index contributed by atoms with van der Waals surface area (Å²) >= 11 is 12.0. The molecule has 3 rings (SSSR count). The van der Waals surface area contributed by atoms with Crippen molar-refractivity contribution in [3.63, 3.8) is 0 Å². The molecule has 0 fully saturated rings. The van der Waals surface area contributed by atoms with Gasteiger partial charge < -0.3 is 4.74 Å². The molecular formula is C20H13Cl2F2N3O2. The maximum atomic E-state index is 13.8. The van der Waals surface area contributed by atoms with E-state index in [-0.39, 0.29) is 22.2 Å². The zero-order valence-corrected chi connectivity index (χ0v) is 16.5. The average molecular weight is 436 g/mol. The molecule has 0 atom stereocenters. The molecule has 1 amide bonds. The van der Waals surface area contributed by atoms with Gasteiger partial charge in [-0.3, -0.25) is 9.80 Å². The summed E-state index contributed by atoms with van der Waals surface area (Å²) in [5.74, 6) is -2.34. The summed E-state index contributed by atoms with van der Waals surface area (Å²) in [6, 6.07) is 7.62. The molecule has 0 N–H and O–H groups in total. The van der Waals surface area contributed by atoms with Gasteiger partial charge in [0.15, 0.2) is 11.6 Å². The number of halogens is 4. The molecule has 2 aromatic rings. The minimum atomic E-state index is -0.868. The number of likely N-dealkylation sites (N-methyl/N-ethyl adjacent to an activating group) is 1. The van der Waals surface area contributed by atoms with E-state index in [1.807, 2.05) is 0 Å². The first-order valence-electron chi connectivity index (χ1n) is 8.14. The molecule has 148 valence electrons. The van der Waals surface area contributed by atoms with Crippen molar-refractivity contribution in [1.29, 1.82) is 0 Å². The maximum absolute atomic E-state index is 13.8. The number of hydrogen-bond acceptors (Lipinski definition) is 4. The molecule has 29 heavy (non-hydrogen) atoms. The fourth-order valence-electron chi connectivity index (χ4n) is 2.57. The van der Waals surface area contributed by atoms with Crippen LogP contribution in [0.2, 0.25) is 10.0 Å². The Bertz CT molecular complexity index is 1100. The molecular weight excluding hydrogens is 423 g/mol. The standard InChI is InChI=1S/C20H13Cl2F2N3O2/c1-25-20(28)19(11-3-5-13(21)14(22)9-11)16-6-8-18(26-27(16)2)29-17-7-4-12(23)10-15(17)24/h3-10H,1H2,2H3/b19-16-. The number of rotatable bonds is 3. The highest BCUT2D eigenvalue weighted by atomic mass is 35.5. The molecule has 9 heteroatoms. The summed E-state index contributed by atoms with van der Waals surface area (Å²) in [6.07, 6.45) is 2.98. The molecule has 1 aliphatic rings. The number of allylic oxidation sites excluding steroid dienone is 1. The van der Waals surface area contributed by atoms with Crippen molar-refractivity contribution >= 4 is 47.3 Å². The number of aliphatic imine (C=N–C) groups is 1. The third-order valence-electron chi connectivity index (χ3n) is 3.91. The van der Waals surface area contributed by atoms with E-state index in [9.17, 15) is 13.6 Å². The Morgan fingerprint density at radius 1 is 1.14 bits per heavy atom. The van der Waals surface area contributed by atoms with Gasteiger partial charge in [-0.1, -0.05) is 29.3 Å². The second-order valence-corrected chi connectivity index (χ2v) is 6.64. The van der Waals surface area contributed by atoms with Crippen LogP contribution >= 0.6 is 23.2 Å². The van der Waals surface area contributed by atoms with Gasteiger partial charge in [-0.15, -0.1) is 5.10 Å². The average Bonchev–Trinajstić information content (AvgIpc) is 2.68. The third kappa shape index (κ3) is 4.52. The van der Waals surface area contributed by atoms with E-state index in [4.69, 9.17) is 27.9 Å². The second-order valence-electron chi connectivity index (χ2n) is 5.82. The van der Waals surface area contributed by atoms with Crippen LogP contribution in [-0.4, -0.2) is 30.6 Å². The largest absolute Gasteiger partial charge is 0.435 e. The number of ether oxygens (including phenoxy) is 1. The summed E-state index contributed by atoms with van der Waals surface area (Å²) in [7, 11) is 1.57. The van der Waals surface area contributed by atoms with Gasteiger partial charge in [-0.25, -0.2) is 13.8 Å². The van der Waals surface area contributed by atoms with Crippen LogP contribution in [0, 0.1) is 11.6 Å². The number of carbonyl (C=O) groups is 1. The van der Waals surface area contributed by atoms with Crippen molar-refractivity contribution < 1.29 is 18.3 Å². The van der Waals surface area contributed by atoms with Gasteiger partial charge in [0.25, 0.3) is 5.91 Å². The van der Waals surface area contributed by atoms with Crippen LogP contribution in [0.15, 0.2) is 64.3 Å². The minimum Gasteiger partial charge on any atom is -0.435 e. The normalized spacial score (nSPS) is 15.1. The molecule has 1 aliphatic heterocycles. The topological polar surface area (TPSA) is 54.3 Å².